The molecule has 0 radical (unpaired) electrons. The van der Waals surface area contributed by atoms with Gasteiger partial charge in [0.15, 0.2) is 0 Å². The molecule has 1 aromatic heterocycles. The number of hydrogen-bond donors (Lipinski definition) is 3. The van der Waals surface area contributed by atoms with Crippen molar-refractivity contribution in [3.8, 4) is 0 Å². The number of carbonyl (C=O) groups is 1. The van der Waals surface area contributed by atoms with Gasteiger partial charge in [0.25, 0.3) is 0 Å². The van der Waals surface area contributed by atoms with E-state index in [2.05, 4.69) is 15.3 Å². The van der Waals surface area contributed by atoms with Crippen molar-refractivity contribution >= 4 is 12.0 Å². The van der Waals surface area contributed by atoms with Gasteiger partial charge in [-0.05, 0) is 12.0 Å². The summed E-state index contributed by atoms with van der Waals surface area (Å²) in [4.78, 5) is 21.6. The summed E-state index contributed by atoms with van der Waals surface area (Å²) in [7, 11) is 3.62. The molecule has 0 aliphatic heterocycles. The van der Waals surface area contributed by atoms with E-state index in [-0.39, 0.29) is 19.6 Å². The van der Waals surface area contributed by atoms with Crippen LogP contribution in [0.3, 0.4) is 0 Å². The second-order valence-corrected chi connectivity index (χ2v) is 6.00. The summed E-state index contributed by atoms with van der Waals surface area (Å²) in [5, 5.41) is 22.8. The van der Waals surface area contributed by atoms with Gasteiger partial charge in [0.05, 0.1) is 6.10 Å². The SMILES string of the molecule is CN(C)c1ncc(C(O)C(O)CCNC(=O)OCc2ccccc2)cn1. The largest absolute Gasteiger partial charge is 0.445 e. The molecule has 1 heterocycles. The number of nitrogens with one attached hydrogen (secondary N) is 1. The zero-order chi connectivity index (χ0) is 18.9. The number of carbonyl (C=O) groups excluding carboxylic acids is 1. The molecule has 2 aromatic rings. The molecule has 26 heavy (non-hydrogen) atoms. The Kier molecular flexibility index (Phi) is 7.31. The van der Waals surface area contributed by atoms with Crippen LogP contribution in [0.5, 0.6) is 0 Å². The number of nitrogens with zero attached hydrogens (tertiary/aromatic N) is 3. The van der Waals surface area contributed by atoms with Crippen LogP contribution in [0, 0.1) is 0 Å². The number of ether oxygens (including phenoxy) is 1. The van der Waals surface area contributed by atoms with Crippen molar-refractivity contribution in [2.24, 2.45) is 0 Å². The molecule has 2 rings (SSSR count). The van der Waals surface area contributed by atoms with E-state index in [0.29, 0.717) is 11.5 Å². The number of aliphatic hydroxyl groups is 2. The fourth-order valence-electron chi connectivity index (χ4n) is 2.19. The standard InChI is InChI=1S/C18H24N4O4/c1-22(2)17-20-10-14(11-21-17)16(24)15(23)8-9-19-18(25)26-12-13-6-4-3-5-7-13/h3-7,10-11,15-16,23-24H,8-9,12H2,1-2H3,(H,19,25). The first kappa shape index (κ1) is 19.6. The molecule has 8 heteroatoms. The molecule has 0 aliphatic rings. The summed E-state index contributed by atoms with van der Waals surface area (Å²) < 4.78 is 5.07. The van der Waals surface area contributed by atoms with E-state index < -0.39 is 18.3 Å². The van der Waals surface area contributed by atoms with Gasteiger partial charge in [0.2, 0.25) is 5.95 Å². The lowest BCUT2D eigenvalue weighted by molar-refractivity contribution is 0.0132. The fraction of sp³-hybridized carbons (Fsp3) is 0.389. The molecule has 1 aromatic carbocycles. The van der Waals surface area contributed by atoms with Gasteiger partial charge < -0.3 is 25.2 Å². The Morgan fingerprint density at radius 2 is 1.85 bits per heavy atom. The predicted octanol–water partition coefficient (Wildman–Crippen LogP) is 1.25. The first-order valence-electron chi connectivity index (χ1n) is 8.27. The number of aromatic nitrogens is 2. The van der Waals surface area contributed by atoms with Gasteiger partial charge in [-0.25, -0.2) is 14.8 Å². The molecule has 0 saturated carbocycles. The highest BCUT2D eigenvalue weighted by Gasteiger charge is 2.19. The Bertz CT molecular complexity index is 679. The Morgan fingerprint density at radius 3 is 2.46 bits per heavy atom. The topological polar surface area (TPSA) is 108 Å². The van der Waals surface area contributed by atoms with E-state index in [1.54, 1.807) is 4.90 Å². The predicted molar refractivity (Wildman–Crippen MR) is 96.6 cm³/mol. The maximum atomic E-state index is 11.6. The van der Waals surface area contributed by atoms with Crippen molar-refractivity contribution in [1.82, 2.24) is 15.3 Å². The number of rotatable bonds is 8. The number of amides is 1. The molecule has 0 spiro atoms. The zero-order valence-corrected chi connectivity index (χ0v) is 14.9. The second kappa shape index (κ2) is 9.69. The summed E-state index contributed by atoms with van der Waals surface area (Å²) >= 11 is 0. The molecule has 0 saturated heterocycles. The van der Waals surface area contributed by atoms with Gasteiger partial charge in [-0.15, -0.1) is 0 Å². The minimum Gasteiger partial charge on any atom is -0.445 e. The Labute approximate surface area is 152 Å². The Hall–Kier alpha value is -2.71. The molecule has 2 atom stereocenters. The molecule has 8 nitrogen and oxygen atoms in total. The van der Waals surface area contributed by atoms with Crippen LogP contribution in [-0.2, 0) is 11.3 Å². The number of aliphatic hydroxyl groups excluding tert-OH is 2. The lowest BCUT2D eigenvalue weighted by Crippen LogP contribution is -2.30. The van der Waals surface area contributed by atoms with Crippen LogP contribution in [0.15, 0.2) is 42.7 Å². The van der Waals surface area contributed by atoms with Crippen LogP contribution in [0.4, 0.5) is 10.7 Å². The first-order chi connectivity index (χ1) is 12.5. The van der Waals surface area contributed by atoms with Gasteiger partial charge in [-0.1, -0.05) is 30.3 Å². The van der Waals surface area contributed by atoms with Crippen molar-refractivity contribution in [3.63, 3.8) is 0 Å². The summed E-state index contributed by atoms with van der Waals surface area (Å²) in [6, 6.07) is 9.33. The summed E-state index contributed by atoms with van der Waals surface area (Å²) in [6.45, 7) is 0.343. The minimum absolute atomic E-state index is 0.164. The van der Waals surface area contributed by atoms with E-state index in [1.807, 2.05) is 44.4 Å². The average molecular weight is 360 g/mol. The lowest BCUT2D eigenvalue weighted by Gasteiger charge is -2.18. The molecule has 0 bridgehead atoms. The first-order valence-corrected chi connectivity index (χ1v) is 8.27. The van der Waals surface area contributed by atoms with Crippen molar-refractivity contribution in [2.45, 2.75) is 25.2 Å². The normalized spacial score (nSPS) is 12.9. The van der Waals surface area contributed by atoms with E-state index in [9.17, 15) is 15.0 Å². The Morgan fingerprint density at radius 1 is 1.19 bits per heavy atom. The number of benzene rings is 1. The van der Waals surface area contributed by atoms with Gasteiger partial charge >= 0.3 is 6.09 Å². The van der Waals surface area contributed by atoms with Gasteiger partial charge in [-0.3, -0.25) is 0 Å². The lowest BCUT2D eigenvalue weighted by atomic mass is 10.1. The van der Waals surface area contributed by atoms with Gasteiger partial charge in [-0.2, -0.15) is 0 Å². The van der Waals surface area contributed by atoms with Crippen LogP contribution in [-0.4, -0.2) is 53.0 Å². The van der Waals surface area contributed by atoms with Crippen molar-refractivity contribution in [1.29, 1.82) is 0 Å². The number of alkyl carbamates (subject to hydrolysis) is 1. The van der Waals surface area contributed by atoms with E-state index in [4.69, 9.17) is 4.74 Å². The molecule has 0 fully saturated rings. The summed E-state index contributed by atoms with van der Waals surface area (Å²) in [5.41, 5.74) is 1.30. The third-order valence-corrected chi connectivity index (χ3v) is 3.69. The maximum Gasteiger partial charge on any atom is 0.407 e. The molecule has 2 unspecified atom stereocenters. The van der Waals surface area contributed by atoms with Crippen molar-refractivity contribution < 1.29 is 19.7 Å². The third kappa shape index (κ3) is 5.98. The molecule has 140 valence electrons. The van der Waals surface area contributed by atoms with Crippen LogP contribution >= 0.6 is 0 Å². The summed E-state index contributed by atoms with van der Waals surface area (Å²) in [6.07, 6.45) is 0.341. The molecular formula is C18H24N4O4. The molecule has 0 aliphatic carbocycles. The monoisotopic (exact) mass is 360 g/mol. The van der Waals surface area contributed by atoms with Crippen LogP contribution in [0.1, 0.15) is 23.7 Å². The minimum atomic E-state index is -1.13. The van der Waals surface area contributed by atoms with Gasteiger partial charge in [0, 0.05) is 38.6 Å². The highest BCUT2D eigenvalue weighted by Crippen LogP contribution is 2.18. The average Bonchev–Trinajstić information content (AvgIpc) is 2.66. The van der Waals surface area contributed by atoms with Crippen LogP contribution < -0.4 is 10.2 Å². The third-order valence-electron chi connectivity index (χ3n) is 3.69. The maximum absolute atomic E-state index is 11.6. The fourth-order valence-corrected chi connectivity index (χ4v) is 2.19. The number of anilines is 1. The van der Waals surface area contributed by atoms with Crippen molar-refractivity contribution in [3.05, 3.63) is 53.9 Å². The number of hydrogen-bond acceptors (Lipinski definition) is 7. The van der Waals surface area contributed by atoms with Crippen LogP contribution in [0.2, 0.25) is 0 Å². The highest BCUT2D eigenvalue weighted by atomic mass is 16.5. The van der Waals surface area contributed by atoms with E-state index in [0.717, 1.165) is 5.56 Å². The smallest absolute Gasteiger partial charge is 0.407 e. The zero-order valence-electron chi connectivity index (χ0n) is 14.9. The molecular weight excluding hydrogens is 336 g/mol. The van der Waals surface area contributed by atoms with E-state index >= 15 is 0 Å². The van der Waals surface area contributed by atoms with E-state index in [1.165, 1.54) is 12.4 Å². The van der Waals surface area contributed by atoms with Gasteiger partial charge in [0.1, 0.15) is 12.7 Å². The quantitative estimate of drug-likeness (QED) is 0.650. The highest BCUT2D eigenvalue weighted by molar-refractivity contribution is 5.67. The van der Waals surface area contributed by atoms with Crippen molar-refractivity contribution in [2.75, 3.05) is 25.5 Å². The van der Waals surface area contributed by atoms with Crippen LogP contribution in [0.25, 0.3) is 0 Å². The Balaban J connectivity index is 1.71. The summed E-state index contributed by atoms with van der Waals surface area (Å²) in [5.74, 6) is 0.512. The second-order valence-electron chi connectivity index (χ2n) is 6.00. The molecule has 1 amide bonds. The molecule has 3 N–H and O–H groups in total.